The third-order valence-electron chi connectivity index (χ3n) is 4.04. The van der Waals surface area contributed by atoms with Gasteiger partial charge in [-0.05, 0) is 43.5 Å². The van der Waals surface area contributed by atoms with E-state index in [1.807, 2.05) is 45.9 Å². The van der Waals surface area contributed by atoms with Crippen LogP contribution >= 0.6 is 0 Å². The van der Waals surface area contributed by atoms with Crippen molar-refractivity contribution in [1.29, 1.82) is 0 Å². The van der Waals surface area contributed by atoms with Gasteiger partial charge in [0.1, 0.15) is 5.69 Å². The number of nitrogens with zero attached hydrogens (tertiary/aromatic N) is 4. The molecule has 0 atom stereocenters. The van der Waals surface area contributed by atoms with Crippen molar-refractivity contribution in [3.8, 4) is 5.69 Å². The molecule has 0 saturated carbocycles. The summed E-state index contributed by atoms with van der Waals surface area (Å²) in [5, 5.41) is 7.29. The topological polar surface area (TPSA) is 64.7 Å². The number of carbonyl (C=O) groups is 1. The number of hydrogen-bond acceptors (Lipinski definition) is 3. The predicted octanol–water partition coefficient (Wildman–Crippen LogP) is 2.66. The molecule has 1 amide bonds. The lowest BCUT2D eigenvalue weighted by Gasteiger charge is -2.11. The SMILES string of the molecule is O=C(Nc1cc2n(n1)CCCC2)c1cc(-n2cccc2)ccn1. The number of nitrogens with one attached hydrogen (secondary N) is 1. The van der Waals surface area contributed by atoms with Gasteiger partial charge in [0.15, 0.2) is 5.82 Å². The molecule has 23 heavy (non-hydrogen) atoms. The summed E-state index contributed by atoms with van der Waals surface area (Å²) >= 11 is 0. The zero-order chi connectivity index (χ0) is 15.6. The van der Waals surface area contributed by atoms with Gasteiger partial charge in [-0.3, -0.25) is 14.5 Å². The molecule has 6 heteroatoms. The second-order valence-corrected chi connectivity index (χ2v) is 5.64. The van der Waals surface area contributed by atoms with Crippen LogP contribution in [-0.2, 0) is 13.0 Å². The molecular weight excluding hydrogens is 290 g/mol. The average Bonchev–Trinajstić information content (AvgIpc) is 3.24. The quantitative estimate of drug-likeness (QED) is 0.809. The summed E-state index contributed by atoms with van der Waals surface area (Å²) in [7, 11) is 0. The van der Waals surface area contributed by atoms with Crippen LogP contribution in [0.1, 0.15) is 29.0 Å². The monoisotopic (exact) mass is 307 g/mol. The van der Waals surface area contributed by atoms with Gasteiger partial charge in [-0.2, -0.15) is 5.10 Å². The van der Waals surface area contributed by atoms with E-state index in [4.69, 9.17) is 0 Å². The molecule has 116 valence electrons. The Bertz CT molecular complexity index is 811. The van der Waals surface area contributed by atoms with Crippen LogP contribution in [0.25, 0.3) is 5.69 Å². The lowest BCUT2D eigenvalue weighted by atomic mass is 10.1. The van der Waals surface area contributed by atoms with Gasteiger partial charge in [0.05, 0.1) is 0 Å². The van der Waals surface area contributed by atoms with Crippen LogP contribution in [0.5, 0.6) is 0 Å². The summed E-state index contributed by atoms with van der Waals surface area (Å²) in [6, 6.07) is 9.47. The molecule has 3 aromatic rings. The Morgan fingerprint density at radius 3 is 2.87 bits per heavy atom. The minimum atomic E-state index is -0.241. The summed E-state index contributed by atoms with van der Waals surface area (Å²) in [4.78, 5) is 16.6. The number of anilines is 1. The van der Waals surface area contributed by atoms with Gasteiger partial charge in [-0.15, -0.1) is 0 Å². The fraction of sp³-hybridized carbons (Fsp3) is 0.235. The number of hydrogen-bond donors (Lipinski definition) is 1. The zero-order valence-corrected chi connectivity index (χ0v) is 12.6. The number of carbonyl (C=O) groups excluding carboxylic acids is 1. The molecule has 0 fully saturated rings. The second-order valence-electron chi connectivity index (χ2n) is 5.64. The lowest BCUT2D eigenvalue weighted by Crippen LogP contribution is -2.15. The molecule has 0 spiro atoms. The maximum atomic E-state index is 12.4. The molecule has 1 aliphatic rings. The summed E-state index contributed by atoms with van der Waals surface area (Å²) in [6.07, 6.45) is 8.84. The van der Waals surface area contributed by atoms with Gasteiger partial charge in [-0.1, -0.05) is 0 Å². The molecule has 0 saturated heterocycles. The molecule has 6 nitrogen and oxygen atoms in total. The molecule has 3 aromatic heterocycles. The van der Waals surface area contributed by atoms with Crippen LogP contribution < -0.4 is 5.32 Å². The van der Waals surface area contributed by atoms with E-state index in [-0.39, 0.29) is 5.91 Å². The molecular formula is C17H17N5O. The number of fused-ring (bicyclic) bond motifs is 1. The number of rotatable bonds is 3. The first kappa shape index (κ1) is 13.8. The molecule has 1 aliphatic heterocycles. The highest BCUT2D eigenvalue weighted by Crippen LogP contribution is 2.18. The van der Waals surface area contributed by atoms with E-state index < -0.39 is 0 Å². The largest absolute Gasteiger partial charge is 0.324 e. The third-order valence-corrected chi connectivity index (χ3v) is 4.04. The Morgan fingerprint density at radius 2 is 2.04 bits per heavy atom. The first-order valence-electron chi connectivity index (χ1n) is 7.77. The van der Waals surface area contributed by atoms with Gasteiger partial charge >= 0.3 is 0 Å². The van der Waals surface area contributed by atoms with Gasteiger partial charge in [0.2, 0.25) is 0 Å². The van der Waals surface area contributed by atoms with Crippen molar-refractivity contribution in [3.63, 3.8) is 0 Å². The lowest BCUT2D eigenvalue weighted by molar-refractivity contribution is 0.102. The Morgan fingerprint density at radius 1 is 1.17 bits per heavy atom. The van der Waals surface area contributed by atoms with Gasteiger partial charge < -0.3 is 9.88 Å². The molecule has 0 aliphatic carbocycles. The third kappa shape index (κ3) is 2.75. The van der Waals surface area contributed by atoms with Crippen LogP contribution in [0.15, 0.2) is 48.9 Å². The van der Waals surface area contributed by atoms with E-state index >= 15 is 0 Å². The highest BCUT2D eigenvalue weighted by molar-refractivity contribution is 6.02. The highest BCUT2D eigenvalue weighted by Gasteiger charge is 2.15. The Labute approximate surface area is 133 Å². The molecule has 0 radical (unpaired) electrons. The fourth-order valence-electron chi connectivity index (χ4n) is 2.87. The molecule has 4 rings (SSSR count). The van der Waals surface area contributed by atoms with Gasteiger partial charge in [0, 0.05) is 42.6 Å². The van der Waals surface area contributed by atoms with E-state index in [0.717, 1.165) is 25.1 Å². The second kappa shape index (κ2) is 5.72. The van der Waals surface area contributed by atoms with E-state index in [9.17, 15) is 4.79 Å². The van der Waals surface area contributed by atoms with Gasteiger partial charge in [-0.25, -0.2) is 0 Å². The normalized spacial score (nSPS) is 13.6. The van der Waals surface area contributed by atoms with Crippen LogP contribution in [0.2, 0.25) is 0 Å². The first-order valence-corrected chi connectivity index (χ1v) is 7.77. The molecule has 1 N–H and O–H groups in total. The Hall–Kier alpha value is -2.89. The summed E-state index contributed by atoms with van der Waals surface area (Å²) in [5.74, 6) is 0.356. The van der Waals surface area contributed by atoms with Crippen LogP contribution in [0, 0.1) is 0 Å². The number of pyridine rings is 1. The number of aromatic nitrogens is 4. The van der Waals surface area contributed by atoms with Crippen molar-refractivity contribution in [3.05, 3.63) is 60.3 Å². The minimum absolute atomic E-state index is 0.241. The van der Waals surface area contributed by atoms with E-state index in [1.54, 1.807) is 12.3 Å². The smallest absolute Gasteiger partial charge is 0.275 e. The summed E-state index contributed by atoms with van der Waals surface area (Å²) in [6.45, 7) is 0.923. The van der Waals surface area contributed by atoms with Crippen molar-refractivity contribution in [2.45, 2.75) is 25.8 Å². The standard InChI is InChI=1S/C17H17N5O/c23-17(19-16-12-14-5-1-2-10-22(14)20-16)15-11-13(6-7-18-15)21-8-3-4-9-21/h3-4,6-9,11-12H,1-2,5,10H2,(H,19,20,23). The van der Waals surface area contributed by atoms with Gasteiger partial charge in [0.25, 0.3) is 5.91 Å². The highest BCUT2D eigenvalue weighted by atomic mass is 16.2. The van der Waals surface area contributed by atoms with Crippen molar-refractivity contribution in [2.24, 2.45) is 0 Å². The van der Waals surface area contributed by atoms with Crippen LogP contribution in [0.3, 0.4) is 0 Å². The first-order chi connectivity index (χ1) is 11.3. The molecule has 0 bridgehead atoms. The van der Waals surface area contributed by atoms with E-state index in [1.165, 1.54) is 12.1 Å². The van der Waals surface area contributed by atoms with Crippen molar-refractivity contribution < 1.29 is 4.79 Å². The minimum Gasteiger partial charge on any atom is -0.324 e. The number of amides is 1. The summed E-state index contributed by atoms with van der Waals surface area (Å²) < 4.78 is 3.91. The van der Waals surface area contributed by atoms with Crippen molar-refractivity contribution in [2.75, 3.05) is 5.32 Å². The number of aryl methyl sites for hydroxylation is 2. The Kier molecular flexibility index (Phi) is 3.42. The molecule has 4 heterocycles. The van der Waals surface area contributed by atoms with Crippen LogP contribution in [-0.4, -0.2) is 25.2 Å². The maximum absolute atomic E-state index is 12.4. The zero-order valence-electron chi connectivity index (χ0n) is 12.6. The summed E-state index contributed by atoms with van der Waals surface area (Å²) in [5.41, 5.74) is 2.46. The van der Waals surface area contributed by atoms with Crippen LogP contribution in [0.4, 0.5) is 5.82 Å². The van der Waals surface area contributed by atoms with Crippen molar-refractivity contribution in [1.82, 2.24) is 19.3 Å². The molecule has 0 unspecified atom stereocenters. The van der Waals surface area contributed by atoms with E-state index in [2.05, 4.69) is 15.4 Å². The fourth-order valence-corrected chi connectivity index (χ4v) is 2.87. The predicted molar refractivity (Wildman–Crippen MR) is 86.7 cm³/mol. The molecule has 0 aromatic carbocycles. The van der Waals surface area contributed by atoms with E-state index in [0.29, 0.717) is 11.5 Å². The maximum Gasteiger partial charge on any atom is 0.275 e. The Balaban J connectivity index is 1.55. The average molecular weight is 307 g/mol. The van der Waals surface area contributed by atoms with Crippen molar-refractivity contribution >= 4 is 11.7 Å².